The maximum atomic E-state index is 12.1. The van der Waals surface area contributed by atoms with Crippen LogP contribution in [0, 0.1) is 5.92 Å². The number of benzene rings is 1. The fourth-order valence-corrected chi connectivity index (χ4v) is 2.72. The van der Waals surface area contributed by atoms with E-state index in [0.29, 0.717) is 0 Å². The molecule has 0 saturated heterocycles. The van der Waals surface area contributed by atoms with Crippen LogP contribution in [-0.2, 0) is 15.2 Å². The van der Waals surface area contributed by atoms with Gasteiger partial charge in [-0.2, -0.15) is 8.42 Å². The number of hydrogen-bond acceptors (Lipinski definition) is 4. The maximum Gasteiger partial charge on any atom is 0.446 e. The van der Waals surface area contributed by atoms with Crippen LogP contribution < -0.4 is 4.18 Å². The predicted molar refractivity (Wildman–Crippen MR) is 79.5 cm³/mol. The van der Waals surface area contributed by atoms with E-state index in [1.54, 1.807) is 20.2 Å². The molecule has 118 valence electrons. The second-order valence-corrected chi connectivity index (χ2v) is 6.14. The zero-order chi connectivity index (χ0) is 16.2. The summed E-state index contributed by atoms with van der Waals surface area (Å²) in [5.41, 5.74) is 0.793. The van der Waals surface area contributed by atoms with Gasteiger partial charge >= 0.3 is 10.4 Å². The molecule has 0 radical (unpaired) electrons. The fourth-order valence-electron chi connectivity index (χ4n) is 2.38. The number of nitrogens with zero attached hydrogens (tertiary/aromatic N) is 1. The van der Waals surface area contributed by atoms with Gasteiger partial charge in [0.2, 0.25) is 5.91 Å². The first kappa shape index (κ1) is 17.5. The Balaban J connectivity index is 3.06. The van der Waals surface area contributed by atoms with Gasteiger partial charge in [0.25, 0.3) is 0 Å². The number of carbonyl (C=O) groups excluding carboxylic acids is 1. The molecule has 6 nitrogen and oxygen atoms in total. The van der Waals surface area contributed by atoms with Crippen molar-refractivity contribution < 1.29 is 21.9 Å². The molecule has 2 unspecified atom stereocenters. The third kappa shape index (κ3) is 5.02. The molecule has 0 heterocycles. The lowest BCUT2D eigenvalue weighted by atomic mass is 9.84. The average molecular weight is 315 g/mol. The Morgan fingerprint density at radius 3 is 2.48 bits per heavy atom. The van der Waals surface area contributed by atoms with Crippen molar-refractivity contribution in [1.82, 2.24) is 4.90 Å². The highest BCUT2D eigenvalue weighted by molar-refractivity contribution is 7.81. The Labute approximate surface area is 125 Å². The van der Waals surface area contributed by atoms with Crippen LogP contribution in [0.1, 0.15) is 31.7 Å². The number of hydrogen-bond donors (Lipinski definition) is 1. The minimum atomic E-state index is -4.55. The molecule has 2 atom stereocenters. The summed E-state index contributed by atoms with van der Waals surface area (Å²) >= 11 is 0. The largest absolute Gasteiger partial charge is 0.446 e. The van der Waals surface area contributed by atoms with E-state index in [-0.39, 0.29) is 23.5 Å². The lowest BCUT2D eigenvalue weighted by Gasteiger charge is -2.25. The predicted octanol–water partition coefficient (Wildman–Crippen LogP) is 2.09. The van der Waals surface area contributed by atoms with Crippen LogP contribution in [0.5, 0.6) is 5.75 Å². The highest BCUT2D eigenvalue weighted by Crippen LogP contribution is 2.31. The molecule has 1 N–H and O–H groups in total. The summed E-state index contributed by atoms with van der Waals surface area (Å²) in [5.74, 6) is -0.281. The van der Waals surface area contributed by atoms with Gasteiger partial charge in [-0.15, -0.1) is 0 Å². The smallest absolute Gasteiger partial charge is 0.362 e. The summed E-state index contributed by atoms with van der Waals surface area (Å²) in [5, 5.41) is 0. The topological polar surface area (TPSA) is 83.9 Å². The Bertz CT molecular complexity index is 597. The number of carbonyl (C=O) groups is 1. The van der Waals surface area contributed by atoms with E-state index < -0.39 is 10.4 Å². The van der Waals surface area contributed by atoms with Crippen LogP contribution in [0.2, 0.25) is 0 Å². The van der Waals surface area contributed by atoms with Gasteiger partial charge in [-0.3, -0.25) is 9.35 Å². The Morgan fingerprint density at radius 2 is 2.00 bits per heavy atom. The van der Waals surface area contributed by atoms with E-state index in [1.807, 2.05) is 19.9 Å². The molecule has 7 heteroatoms. The molecule has 0 saturated carbocycles. The lowest BCUT2D eigenvalue weighted by molar-refractivity contribution is -0.133. The molecule has 0 aliphatic carbocycles. The molecule has 0 aliphatic heterocycles. The van der Waals surface area contributed by atoms with E-state index in [2.05, 4.69) is 4.18 Å². The monoisotopic (exact) mass is 315 g/mol. The van der Waals surface area contributed by atoms with E-state index in [4.69, 9.17) is 4.55 Å². The van der Waals surface area contributed by atoms with E-state index in [9.17, 15) is 13.2 Å². The lowest BCUT2D eigenvalue weighted by Crippen LogP contribution is -2.31. The molecule has 0 spiro atoms. The molecule has 1 aromatic rings. The minimum absolute atomic E-state index is 0.00273. The first-order chi connectivity index (χ1) is 9.65. The van der Waals surface area contributed by atoms with Crippen molar-refractivity contribution in [1.29, 1.82) is 0 Å². The van der Waals surface area contributed by atoms with Crippen LogP contribution in [-0.4, -0.2) is 37.9 Å². The van der Waals surface area contributed by atoms with Gasteiger partial charge in [0.15, 0.2) is 0 Å². The quantitative estimate of drug-likeness (QED) is 0.813. The van der Waals surface area contributed by atoms with Crippen molar-refractivity contribution >= 4 is 16.3 Å². The standard InChI is InChI=1S/C14H21NO5S/c1-5-13(10(2)14(16)15(3)4)11-7-6-8-12(9-11)20-21(17,18)19/h6-10,13H,5H2,1-4H3,(H,17,18,19). The molecule has 21 heavy (non-hydrogen) atoms. The SMILES string of the molecule is CCC(c1cccc(OS(=O)(=O)O)c1)C(C)C(=O)N(C)C. The van der Waals surface area contributed by atoms with E-state index >= 15 is 0 Å². The van der Waals surface area contributed by atoms with Crippen molar-refractivity contribution in [2.75, 3.05) is 14.1 Å². The van der Waals surface area contributed by atoms with Crippen molar-refractivity contribution in [2.45, 2.75) is 26.2 Å². The zero-order valence-electron chi connectivity index (χ0n) is 12.6. The molecule has 0 bridgehead atoms. The molecular weight excluding hydrogens is 294 g/mol. The van der Waals surface area contributed by atoms with Crippen LogP contribution in [0.25, 0.3) is 0 Å². The van der Waals surface area contributed by atoms with Gasteiger partial charge in [-0.05, 0) is 30.0 Å². The summed E-state index contributed by atoms with van der Waals surface area (Å²) in [6, 6.07) is 6.40. The van der Waals surface area contributed by atoms with Crippen molar-refractivity contribution in [3.8, 4) is 5.75 Å². The van der Waals surface area contributed by atoms with Crippen LogP contribution in [0.4, 0.5) is 0 Å². The first-order valence-electron chi connectivity index (χ1n) is 6.63. The highest BCUT2D eigenvalue weighted by atomic mass is 32.3. The first-order valence-corrected chi connectivity index (χ1v) is 8.00. The molecule has 0 aliphatic rings. The van der Waals surface area contributed by atoms with E-state index in [0.717, 1.165) is 12.0 Å². The van der Waals surface area contributed by atoms with E-state index in [1.165, 1.54) is 17.0 Å². The normalized spacial score (nSPS) is 14.3. The Kier molecular flexibility index (Phi) is 5.74. The van der Waals surface area contributed by atoms with Crippen LogP contribution >= 0.6 is 0 Å². The number of amides is 1. The summed E-state index contributed by atoms with van der Waals surface area (Å²) in [7, 11) is -1.16. The second kappa shape index (κ2) is 6.91. The third-order valence-electron chi connectivity index (χ3n) is 3.36. The van der Waals surface area contributed by atoms with Crippen LogP contribution in [0.15, 0.2) is 24.3 Å². The zero-order valence-corrected chi connectivity index (χ0v) is 13.4. The summed E-state index contributed by atoms with van der Waals surface area (Å²) in [4.78, 5) is 13.6. The molecule has 0 fully saturated rings. The molecule has 1 amide bonds. The maximum absolute atomic E-state index is 12.1. The van der Waals surface area contributed by atoms with Gasteiger partial charge in [-0.1, -0.05) is 26.0 Å². The Hall–Kier alpha value is -1.60. The van der Waals surface area contributed by atoms with Crippen molar-refractivity contribution in [3.05, 3.63) is 29.8 Å². The van der Waals surface area contributed by atoms with Crippen LogP contribution in [0.3, 0.4) is 0 Å². The van der Waals surface area contributed by atoms with Crippen molar-refractivity contribution in [3.63, 3.8) is 0 Å². The Morgan fingerprint density at radius 1 is 1.38 bits per heavy atom. The van der Waals surface area contributed by atoms with Gasteiger partial charge < -0.3 is 9.08 Å². The fraction of sp³-hybridized carbons (Fsp3) is 0.500. The minimum Gasteiger partial charge on any atom is -0.362 e. The van der Waals surface area contributed by atoms with Gasteiger partial charge in [-0.25, -0.2) is 0 Å². The molecule has 1 aromatic carbocycles. The summed E-state index contributed by atoms with van der Waals surface area (Å²) < 4.78 is 34.7. The molecule has 0 aromatic heterocycles. The van der Waals surface area contributed by atoms with Gasteiger partial charge in [0.05, 0.1) is 0 Å². The molecule has 1 rings (SSSR count). The third-order valence-corrected chi connectivity index (χ3v) is 3.76. The number of rotatable bonds is 6. The van der Waals surface area contributed by atoms with Gasteiger partial charge in [0, 0.05) is 20.0 Å². The summed E-state index contributed by atoms with van der Waals surface area (Å²) in [6.07, 6.45) is 0.718. The molecular formula is C14H21NO5S. The summed E-state index contributed by atoms with van der Waals surface area (Å²) in [6.45, 7) is 3.80. The average Bonchev–Trinajstić information content (AvgIpc) is 2.36. The second-order valence-electron chi connectivity index (χ2n) is 5.12. The highest BCUT2D eigenvalue weighted by Gasteiger charge is 2.25. The van der Waals surface area contributed by atoms with Gasteiger partial charge in [0.1, 0.15) is 5.75 Å². The van der Waals surface area contributed by atoms with Crippen molar-refractivity contribution in [2.24, 2.45) is 5.92 Å².